The van der Waals surface area contributed by atoms with Crippen LogP contribution in [0.4, 0.5) is 0 Å². The second kappa shape index (κ2) is 5.14. The van der Waals surface area contributed by atoms with Gasteiger partial charge in [-0.2, -0.15) is 11.3 Å². The van der Waals surface area contributed by atoms with Gasteiger partial charge in [-0.05, 0) is 46.2 Å². The molecule has 0 atom stereocenters. The maximum absolute atomic E-state index is 4.73. The van der Waals surface area contributed by atoms with Crippen LogP contribution >= 0.6 is 11.3 Å². The summed E-state index contributed by atoms with van der Waals surface area (Å²) in [4.78, 5) is 8.78. The number of aromatic nitrogens is 3. The van der Waals surface area contributed by atoms with Crippen molar-refractivity contribution in [3.8, 4) is 11.1 Å². The average Bonchev–Trinajstić information content (AvgIpc) is 3.20. The molecule has 3 heterocycles. The predicted octanol–water partition coefficient (Wildman–Crippen LogP) is 4.21. The van der Waals surface area contributed by atoms with E-state index in [0.717, 1.165) is 17.8 Å². The van der Waals surface area contributed by atoms with Crippen molar-refractivity contribution in [3.63, 3.8) is 0 Å². The highest BCUT2D eigenvalue weighted by Crippen LogP contribution is 2.25. The summed E-state index contributed by atoms with van der Waals surface area (Å²) in [5.74, 6) is 0. The third-order valence-corrected chi connectivity index (χ3v) is 4.19. The maximum atomic E-state index is 4.73. The normalized spacial score (nSPS) is 11.0. The molecule has 4 rings (SSSR count). The van der Waals surface area contributed by atoms with Crippen molar-refractivity contribution in [1.29, 1.82) is 0 Å². The number of hydrogen-bond acceptors (Lipinski definition) is 3. The van der Waals surface area contributed by atoms with E-state index in [9.17, 15) is 0 Å². The second-order valence-electron chi connectivity index (χ2n) is 4.96. The largest absolute Gasteiger partial charge is 0.331 e. The second-order valence-corrected chi connectivity index (χ2v) is 5.74. The molecule has 0 N–H and O–H groups in total. The zero-order valence-electron chi connectivity index (χ0n) is 11.3. The summed E-state index contributed by atoms with van der Waals surface area (Å²) in [6, 6.07) is 12.8. The molecule has 0 aliphatic carbocycles. The fourth-order valence-electron chi connectivity index (χ4n) is 2.43. The summed E-state index contributed by atoms with van der Waals surface area (Å²) >= 11 is 1.72. The molecule has 0 radical (unpaired) electrons. The van der Waals surface area contributed by atoms with Gasteiger partial charge in [-0.3, -0.25) is 4.98 Å². The van der Waals surface area contributed by atoms with Gasteiger partial charge in [-0.1, -0.05) is 12.1 Å². The Bertz CT molecular complexity index is 864. The summed E-state index contributed by atoms with van der Waals surface area (Å²) < 4.78 is 2.02. The minimum atomic E-state index is 0.752. The lowest BCUT2D eigenvalue weighted by Gasteiger charge is -2.05. The van der Waals surface area contributed by atoms with Crippen LogP contribution in [0.25, 0.3) is 22.0 Å². The number of rotatable bonds is 3. The Morgan fingerprint density at radius 1 is 1.05 bits per heavy atom. The standard InChI is InChI=1S/C17H13N3S/c1-3-16(10-20-7-6-18-12-20)19-17-4-2-13(9-14(1)17)15-5-8-21-11-15/h1-9,11-12H,10H2. The lowest BCUT2D eigenvalue weighted by molar-refractivity contribution is 0.777. The Labute approximate surface area is 126 Å². The van der Waals surface area contributed by atoms with Crippen LogP contribution in [0.3, 0.4) is 0 Å². The molecule has 3 aromatic heterocycles. The number of thiophene rings is 1. The molecule has 3 nitrogen and oxygen atoms in total. The zero-order chi connectivity index (χ0) is 14.1. The maximum Gasteiger partial charge on any atom is 0.0949 e. The zero-order valence-corrected chi connectivity index (χ0v) is 12.1. The van der Waals surface area contributed by atoms with Gasteiger partial charge in [0.2, 0.25) is 0 Å². The van der Waals surface area contributed by atoms with Crippen LogP contribution < -0.4 is 0 Å². The van der Waals surface area contributed by atoms with Gasteiger partial charge >= 0.3 is 0 Å². The highest BCUT2D eigenvalue weighted by atomic mass is 32.1. The minimum Gasteiger partial charge on any atom is -0.331 e. The van der Waals surface area contributed by atoms with Gasteiger partial charge in [0.05, 0.1) is 24.1 Å². The summed E-state index contributed by atoms with van der Waals surface area (Å²) in [5.41, 5.74) is 4.59. The van der Waals surface area contributed by atoms with E-state index in [4.69, 9.17) is 4.98 Å². The van der Waals surface area contributed by atoms with Gasteiger partial charge in [0.25, 0.3) is 0 Å². The fraction of sp³-hybridized carbons (Fsp3) is 0.0588. The molecule has 4 heteroatoms. The molecular weight excluding hydrogens is 278 g/mol. The first-order valence-corrected chi connectivity index (χ1v) is 7.71. The van der Waals surface area contributed by atoms with Gasteiger partial charge < -0.3 is 4.57 Å². The highest BCUT2D eigenvalue weighted by molar-refractivity contribution is 7.08. The number of hydrogen-bond donors (Lipinski definition) is 0. The first kappa shape index (κ1) is 12.3. The summed E-state index contributed by atoms with van der Waals surface area (Å²) in [7, 11) is 0. The molecule has 0 saturated heterocycles. The topological polar surface area (TPSA) is 30.7 Å². The quantitative estimate of drug-likeness (QED) is 0.566. The van der Waals surface area contributed by atoms with Crippen molar-refractivity contribution in [2.75, 3.05) is 0 Å². The van der Waals surface area contributed by atoms with Crippen molar-refractivity contribution < 1.29 is 0 Å². The molecule has 0 aliphatic heterocycles. The highest BCUT2D eigenvalue weighted by Gasteiger charge is 2.03. The molecule has 0 spiro atoms. The monoisotopic (exact) mass is 291 g/mol. The lowest BCUT2D eigenvalue weighted by atomic mass is 10.1. The van der Waals surface area contributed by atoms with Gasteiger partial charge in [-0.25, -0.2) is 4.98 Å². The van der Waals surface area contributed by atoms with Crippen molar-refractivity contribution >= 4 is 22.2 Å². The third-order valence-electron chi connectivity index (χ3n) is 3.51. The molecule has 21 heavy (non-hydrogen) atoms. The number of nitrogens with zero attached hydrogens (tertiary/aromatic N) is 3. The van der Waals surface area contributed by atoms with Gasteiger partial charge in [0.1, 0.15) is 0 Å². The molecule has 1 aromatic carbocycles. The van der Waals surface area contributed by atoms with E-state index in [2.05, 4.69) is 52.1 Å². The van der Waals surface area contributed by atoms with Crippen LogP contribution in [0.1, 0.15) is 5.69 Å². The molecule has 4 aromatic rings. The Hall–Kier alpha value is -2.46. The summed E-state index contributed by atoms with van der Waals surface area (Å²) in [6.07, 6.45) is 5.55. The summed E-state index contributed by atoms with van der Waals surface area (Å²) in [6.45, 7) is 0.752. The van der Waals surface area contributed by atoms with E-state index in [0.29, 0.717) is 0 Å². The van der Waals surface area contributed by atoms with Crippen LogP contribution in [-0.2, 0) is 6.54 Å². The molecule has 0 saturated carbocycles. The van der Waals surface area contributed by atoms with E-state index in [-0.39, 0.29) is 0 Å². The Balaban J connectivity index is 1.71. The van der Waals surface area contributed by atoms with E-state index >= 15 is 0 Å². The van der Waals surface area contributed by atoms with Crippen LogP contribution in [0.2, 0.25) is 0 Å². The van der Waals surface area contributed by atoms with Crippen LogP contribution in [0.15, 0.2) is 65.9 Å². The molecule has 0 unspecified atom stereocenters. The fourth-order valence-corrected chi connectivity index (χ4v) is 3.10. The van der Waals surface area contributed by atoms with Crippen molar-refractivity contribution in [2.24, 2.45) is 0 Å². The minimum absolute atomic E-state index is 0.752. The smallest absolute Gasteiger partial charge is 0.0949 e. The van der Waals surface area contributed by atoms with Gasteiger partial charge in [-0.15, -0.1) is 0 Å². The molecule has 0 aliphatic rings. The number of benzene rings is 1. The van der Waals surface area contributed by atoms with Crippen molar-refractivity contribution in [3.05, 3.63) is 71.6 Å². The lowest BCUT2D eigenvalue weighted by Crippen LogP contribution is -1.99. The molecular formula is C17H13N3S. The molecule has 0 amide bonds. The Kier molecular flexibility index (Phi) is 3.01. The first-order valence-electron chi connectivity index (χ1n) is 6.76. The van der Waals surface area contributed by atoms with Gasteiger partial charge in [0.15, 0.2) is 0 Å². The van der Waals surface area contributed by atoms with E-state index in [1.165, 1.54) is 16.5 Å². The SMILES string of the molecule is c1cn(Cc2ccc3cc(-c4ccsc4)ccc3n2)cn1. The van der Waals surface area contributed by atoms with Crippen LogP contribution in [0, 0.1) is 0 Å². The molecule has 102 valence electrons. The average molecular weight is 291 g/mol. The summed E-state index contributed by atoms with van der Waals surface area (Å²) in [5, 5.41) is 5.45. The van der Waals surface area contributed by atoms with E-state index in [1.807, 2.05) is 17.1 Å². The Morgan fingerprint density at radius 3 is 2.86 bits per heavy atom. The predicted molar refractivity (Wildman–Crippen MR) is 86.4 cm³/mol. The van der Waals surface area contributed by atoms with E-state index in [1.54, 1.807) is 17.5 Å². The number of fused-ring (bicyclic) bond motifs is 1. The van der Waals surface area contributed by atoms with Gasteiger partial charge in [0, 0.05) is 17.8 Å². The van der Waals surface area contributed by atoms with E-state index < -0.39 is 0 Å². The van der Waals surface area contributed by atoms with Crippen LogP contribution in [0.5, 0.6) is 0 Å². The third kappa shape index (κ3) is 2.45. The first-order chi connectivity index (χ1) is 10.4. The number of imidazole rings is 1. The molecule has 0 fully saturated rings. The van der Waals surface area contributed by atoms with Crippen LogP contribution in [-0.4, -0.2) is 14.5 Å². The number of pyridine rings is 1. The Morgan fingerprint density at radius 2 is 2.05 bits per heavy atom. The van der Waals surface area contributed by atoms with Crippen molar-refractivity contribution in [2.45, 2.75) is 6.54 Å². The van der Waals surface area contributed by atoms with Crippen molar-refractivity contribution in [1.82, 2.24) is 14.5 Å². The molecule has 0 bridgehead atoms.